The van der Waals surface area contributed by atoms with Crippen molar-refractivity contribution < 1.29 is 0 Å². The highest BCUT2D eigenvalue weighted by atomic mass is 32.2. The summed E-state index contributed by atoms with van der Waals surface area (Å²) in [5.41, 5.74) is 0. The van der Waals surface area contributed by atoms with Crippen molar-refractivity contribution in [3.05, 3.63) is 0 Å². The molecule has 1 fully saturated rings. The van der Waals surface area contributed by atoms with Gasteiger partial charge in [0.2, 0.25) is 0 Å². The molecule has 96 valence electrons. The molecule has 0 radical (unpaired) electrons. The molecule has 0 bridgehead atoms. The van der Waals surface area contributed by atoms with Gasteiger partial charge in [-0.15, -0.1) is 0 Å². The maximum atomic E-state index is 3.32. The van der Waals surface area contributed by atoms with Gasteiger partial charge in [-0.3, -0.25) is 4.72 Å². The highest BCUT2D eigenvalue weighted by Gasteiger charge is 2.19. The second-order valence-corrected chi connectivity index (χ2v) is 5.95. The monoisotopic (exact) mass is 243 g/mol. The summed E-state index contributed by atoms with van der Waals surface area (Å²) in [7, 11) is 0. The van der Waals surface area contributed by atoms with Crippen LogP contribution in [0.4, 0.5) is 0 Å². The van der Waals surface area contributed by atoms with E-state index in [1.807, 2.05) is 0 Å². The lowest BCUT2D eigenvalue weighted by molar-refractivity contribution is 0.245. The Hall–Kier alpha value is 0.310. The highest BCUT2D eigenvalue weighted by molar-refractivity contribution is 7.96. The summed E-state index contributed by atoms with van der Waals surface area (Å²) >= 11 is 1.74. The van der Waals surface area contributed by atoms with Crippen molar-refractivity contribution >= 4 is 11.9 Å². The first-order chi connectivity index (χ1) is 7.86. The van der Waals surface area contributed by atoms with E-state index in [-0.39, 0.29) is 0 Å². The summed E-state index contributed by atoms with van der Waals surface area (Å²) in [5, 5.41) is 0. The lowest BCUT2D eigenvalue weighted by Gasteiger charge is -2.28. The van der Waals surface area contributed by atoms with Crippen LogP contribution in [0.1, 0.15) is 64.7 Å². The van der Waals surface area contributed by atoms with Crippen molar-refractivity contribution in [2.75, 3.05) is 12.8 Å². The minimum atomic E-state index is 1.05. The lowest BCUT2D eigenvalue weighted by Crippen LogP contribution is -2.15. The van der Waals surface area contributed by atoms with Crippen LogP contribution >= 0.6 is 11.9 Å². The Bertz CT molecular complexity index is 161. The molecule has 0 spiro atoms. The van der Waals surface area contributed by atoms with E-state index in [0.29, 0.717) is 0 Å². The van der Waals surface area contributed by atoms with E-state index in [2.05, 4.69) is 17.9 Å². The zero-order chi connectivity index (χ0) is 11.6. The molecule has 1 aliphatic carbocycles. The Labute approximate surface area is 106 Å². The summed E-state index contributed by atoms with van der Waals surface area (Å²) in [6.45, 7) is 3.55. The second-order valence-electron chi connectivity index (χ2n) is 5.25. The van der Waals surface area contributed by atoms with Crippen molar-refractivity contribution in [1.29, 1.82) is 0 Å². The third kappa shape index (κ3) is 6.15. The molecule has 0 heterocycles. The molecular weight excluding hydrogens is 214 g/mol. The molecule has 2 atom stereocenters. The van der Waals surface area contributed by atoms with E-state index >= 15 is 0 Å². The topological polar surface area (TPSA) is 12.0 Å². The van der Waals surface area contributed by atoms with Crippen LogP contribution in [0.25, 0.3) is 0 Å². The van der Waals surface area contributed by atoms with E-state index in [0.717, 1.165) is 11.8 Å². The zero-order valence-corrected chi connectivity index (χ0v) is 12.0. The molecule has 1 nitrogen and oxygen atoms in total. The molecule has 1 rings (SSSR count). The van der Waals surface area contributed by atoms with Crippen LogP contribution < -0.4 is 4.72 Å². The highest BCUT2D eigenvalue weighted by Crippen LogP contribution is 2.33. The molecule has 0 aromatic carbocycles. The summed E-state index contributed by atoms with van der Waals surface area (Å²) in [6.07, 6.45) is 15.3. The Morgan fingerprint density at radius 3 is 2.69 bits per heavy atom. The van der Waals surface area contributed by atoms with Crippen molar-refractivity contribution in [3.8, 4) is 0 Å². The number of hydrogen-bond acceptors (Lipinski definition) is 2. The van der Waals surface area contributed by atoms with E-state index in [9.17, 15) is 0 Å². The predicted octanol–water partition coefficient (Wildman–Crippen LogP) is 4.63. The second kappa shape index (κ2) is 9.35. The fraction of sp³-hybridized carbons (Fsp3) is 1.00. The predicted molar refractivity (Wildman–Crippen MR) is 75.7 cm³/mol. The fourth-order valence-electron chi connectivity index (χ4n) is 2.94. The first-order valence-electron chi connectivity index (χ1n) is 7.12. The molecule has 0 aromatic heterocycles. The Morgan fingerprint density at radius 2 is 1.94 bits per heavy atom. The number of rotatable bonds is 8. The number of hydrogen-bond donors (Lipinski definition) is 1. The largest absolute Gasteiger partial charge is 0.264 e. The molecule has 16 heavy (non-hydrogen) atoms. The van der Waals surface area contributed by atoms with Crippen LogP contribution in [0.15, 0.2) is 0 Å². The molecule has 0 aromatic rings. The van der Waals surface area contributed by atoms with E-state index in [4.69, 9.17) is 0 Å². The van der Waals surface area contributed by atoms with E-state index in [1.54, 1.807) is 11.9 Å². The first-order valence-corrected chi connectivity index (χ1v) is 8.35. The van der Waals surface area contributed by atoms with Crippen LogP contribution in [0.2, 0.25) is 0 Å². The quantitative estimate of drug-likeness (QED) is 0.493. The average molecular weight is 243 g/mol. The van der Waals surface area contributed by atoms with Crippen molar-refractivity contribution in [2.24, 2.45) is 11.8 Å². The Kier molecular flexibility index (Phi) is 8.40. The number of nitrogens with one attached hydrogen (secondary N) is 1. The summed E-state index contributed by atoms with van der Waals surface area (Å²) in [5.74, 6) is 2.11. The lowest BCUT2D eigenvalue weighted by atomic mass is 9.78. The SMILES string of the molecule is CCC1CCCC(CCCCCNSC)C1. The third-order valence-corrected chi connectivity index (χ3v) is 4.50. The van der Waals surface area contributed by atoms with Gasteiger partial charge in [-0.05, 0) is 30.9 Å². The Balaban J connectivity index is 1.95. The molecule has 1 saturated carbocycles. The number of unbranched alkanes of at least 4 members (excludes halogenated alkanes) is 2. The van der Waals surface area contributed by atoms with Gasteiger partial charge in [0.05, 0.1) is 0 Å². The van der Waals surface area contributed by atoms with Crippen LogP contribution in [0, 0.1) is 11.8 Å². The van der Waals surface area contributed by atoms with E-state index in [1.165, 1.54) is 64.3 Å². The normalized spacial score (nSPS) is 25.9. The Morgan fingerprint density at radius 1 is 1.12 bits per heavy atom. The fourth-order valence-corrected chi connectivity index (χ4v) is 3.29. The summed E-state index contributed by atoms with van der Waals surface area (Å²) in [6, 6.07) is 0. The minimum absolute atomic E-state index is 1.05. The summed E-state index contributed by atoms with van der Waals surface area (Å²) in [4.78, 5) is 0. The van der Waals surface area contributed by atoms with E-state index < -0.39 is 0 Å². The van der Waals surface area contributed by atoms with Gasteiger partial charge in [0, 0.05) is 6.54 Å². The van der Waals surface area contributed by atoms with Gasteiger partial charge >= 0.3 is 0 Å². The molecule has 2 heteroatoms. The molecular formula is C14H29NS. The van der Waals surface area contributed by atoms with Gasteiger partial charge < -0.3 is 0 Å². The van der Waals surface area contributed by atoms with Crippen LogP contribution in [0.3, 0.4) is 0 Å². The van der Waals surface area contributed by atoms with Crippen LogP contribution in [-0.2, 0) is 0 Å². The molecule has 1 aliphatic rings. The van der Waals surface area contributed by atoms with Gasteiger partial charge in [0.1, 0.15) is 0 Å². The standard InChI is InChI=1S/C14H29NS/c1-3-13-9-7-10-14(12-13)8-5-4-6-11-15-16-2/h13-15H,3-12H2,1-2H3. The van der Waals surface area contributed by atoms with Gasteiger partial charge in [0.25, 0.3) is 0 Å². The molecule has 0 saturated heterocycles. The van der Waals surface area contributed by atoms with Crippen LogP contribution in [-0.4, -0.2) is 12.8 Å². The average Bonchev–Trinajstić information content (AvgIpc) is 2.34. The van der Waals surface area contributed by atoms with Gasteiger partial charge in [-0.25, -0.2) is 0 Å². The molecule has 1 N–H and O–H groups in total. The van der Waals surface area contributed by atoms with Crippen molar-refractivity contribution in [2.45, 2.75) is 64.7 Å². The first kappa shape index (κ1) is 14.4. The van der Waals surface area contributed by atoms with Crippen LogP contribution in [0.5, 0.6) is 0 Å². The summed E-state index contributed by atoms with van der Waals surface area (Å²) < 4.78 is 3.32. The van der Waals surface area contributed by atoms with Crippen molar-refractivity contribution in [1.82, 2.24) is 4.72 Å². The van der Waals surface area contributed by atoms with Gasteiger partial charge in [-0.2, -0.15) is 0 Å². The molecule has 0 amide bonds. The smallest absolute Gasteiger partial charge is 0.00584 e. The minimum Gasteiger partial charge on any atom is -0.264 e. The maximum Gasteiger partial charge on any atom is 0.00584 e. The molecule has 2 unspecified atom stereocenters. The maximum absolute atomic E-state index is 3.32. The third-order valence-electron chi connectivity index (χ3n) is 4.00. The van der Waals surface area contributed by atoms with Gasteiger partial charge in [0.15, 0.2) is 0 Å². The molecule has 0 aliphatic heterocycles. The zero-order valence-electron chi connectivity index (χ0n) is 11.1. The van der Waals surface area contributed by atoms with Crippen molar-refractivity contribution in [3.63, 3.8) is 0 Å². The van der Waals surface area contributed by atoms with Gasteiger partial charge in [-0.1, -0.05) is 63.8 Å².